The highest BCUT2D eigenvalue weighted by Gasteiger charge is 2.47. The van der Waals surface area contributed by atoms with Gasteiger partial charge in [0, 0.05) is 29.2 Å². The highest BCUT2D eigenvalue weighted by molar-refractivity contribution is 6.46. The highest BCUT2D eigenvalue weighted by Crippen LogP contribution is 2.40. The van der Waals surface area contributed by atoms with Crippen molar-refractivity contribution in [1.29, 1.82) is 0 Å². The SMILES string of the molecule is CCCOc1cccc(/C(O)=C2/C(=O)C(=O)N(CCc3c[nH]c4ccccc34)C2c2ccco2)c1. The van der Waals surface area contributed by atoms with Gasteiger partial charge in [0.05, 0.1) is 18.4 Å². The Morgan fingerprint density at radius 2 is 1.97 bits per heavy atom. The van der Waals surface area contributed by atoms with E-state index in [2.05, 4.69) is 4.98 Å². The van der Waals surface area contributed by atoms with E-state index in [4.69, 9.17) is 9.15 Å². The number of amides is 1. The molecule has 1 aliphatic rings. The first-order chi connectivity index (χ1) is 17.1. The number of para-hydroxylation sites is 1. The fourth-order valence-corrected chi connectivity index (χ4v) is 4.54. The van der Waals surface area contributed by atoms with Crippen LogP contribution in [0, 0.1) is 0 Å². The predicted octanol–water partition coefficient (Wildman–Crippen LogP) is 5.21. The molecule has 1 saturated heterocycles. The van der Waals surface area contributed by atoms with Gasteiger partial charge in [0.15, 0.2) is 0 Å². The van der Waals surface area contributed by atoms with Crippen molar-refractivity contribution in [2.75, 3.05) is 13.2 Å². The molecule has 2 N–H and O–H groups in total. The Morgan fingerprint density at radius 3 is 2.77 bits per heavy atom. The average Bonchev–Trinajstić information content (AvgIpc) is 3.61. The molecule has 2 aromatic heterocycles. The zero-order valence-electron chi connectivity index (χ0n) is 19.4. The molecule has 1 fully saturated rings. The van der Waals surface area contributed by atoms with Gasteiger partial charge in [0.2, 0.25) is 0 Å². The molecule has 1 unspecified atom stereocenters. The maximum Gasteiger partial charge on any atom is 0.295 e. The molecular formula is C28H26N2O5. The molecule has 0 aliphatic carbocycles. The topological polar surface area (TPSA) is 95.8 Å². The van der Waals surface area contributed by atoms with Crippen LogP contribution in [0.5, 0.6) is 5.75 Å². The van der Waals surface area contributed by atoms with Crippen LogP contribution < -0.4 is 4.74 Å². The number of carbonyl (C=O) groups is 2. The van der Waals surface area contributed by atoms with E-state index < -0.39 is 17.7 Å². The summed E-state index contributed by atoms with van der Waals surface area (Å²) in [7, 11) is 0. The van der Waals surface area contributed by atoms with Crippen LogP contribution in [0.25, 0.3) is 16.7 Å². The second-order valence-electron chi connectivity index (χ2n) is 8.49. The number of aliphatic hydroxyl groups excluding tert-OH is 1. The summed E-state index contributed by atoms with van der Waals surface area (Å²) in [4.78, 5) is 31.0. The Bertz CT molecular complexity index is 1400. The summed E-state index contributed by atoms with van der Waals surface area (Å²) >= 11 is 0. The number of likely N-dealkylation sites (tertiary alicyclic amines) is 1. The molecular weight excluding hydrogens is 444 g/mol. The van der Waals surface area contributed by atoms with Gasteiger partial charge in [-0.2, -0.15) is 0 Å². The number of hydrogen-bond donors (Lipinski definition) is 2. The zero-order chi connectivity index (χ0) is 24.4. The van der Waals surface area contributed by atoms with Crippen LogP contribution in [-0.4, -0.2) is 39.8 Å². The van der Waals surface area contributed by atoms with Gasteiger partial charge in [0.1, 0.15) is 23.3 Å². The van der Waals surface area contributed by atoms with E-state index in [1.54, 1.807) is 36.4 Å². The molecule has 7 heteroatoms. The smallest absolute Gasteiger partial charge is 0.295 e. The van der Waals surface area contributed by atoms with Gasteiger partial charge in [0.25, 0.3) is 11.7 Å². The summed E-state index contributed by atoms with van der Waals surface area (Å²) in [5.41, 5.74) is 2.47. The number of fused-ring (bicyclic) bond motifs is 1. The maximum absolute atomic E-state index is 13.2. The summed E-state index contributed by atoms with van der Waals surface area (Å²) in [5, 5.41) is 12.3. The number of benzene rings is 2. The first-order valence-electron chi connectivity index (χ1n) is 11.7. The van der Waals surface area contributed by atoms with Crippen LogP contribution in [-0.2, 0) is 16.0 Å². The van der Waals surface area contributed by atoms with E-state index in [9.17, 15) is 14.7 Å². The summed E-state index contributed by atoms with van der Waals surface area (Å²) in [6.07, 6.45) is 4.80. The largest absolute Gasteiger partial charge is 0.507 e. The minimum Gasteiger partial charge on any atom is -0.507 e. The van der Waals surface area contributed by atoms with Crippen LogP contribution in [0.1, 0.15) is 36.3 Å². The number of aliphatic hydroxyl groups is 1. The number of ether oxygens (including phenoxy) is 1. The number of nitrogens with zero attached hydrogens (tertiary/aromatic N) is 1. The molecule has 0 bridgehead atoms. The molecule has 4 aromatic rings. The van der Waals surface area contributed by atoms with E-state index in [0.717, 1.165) is 22.9 Å². The van der Waals surface area contributed by atoms with Crippen molar-refractivity contribution in [2.24, 2.45) is 0 Å². The van der Waals surface area contributed by atoms with Gasteiger partial charge in [-0.05, 0) is 48.7 Å². The number of aromatic nitrogens is 1. The second-order valence-corrected chi connectivity index (χ2v) is 8.49. The molecule has 7 nitrogen and oxygen atoms in total. The van der Waals surface area contributed by atoms with E-state index in [1.165, 1.54) is 11.2 Å². The third kappa shape index (κ3) is 4.21. The summed E-state index contributed by atoms with van der Waals surface area (Å²) in [6.45, 7) is 2.83. The van der Waals surface area contributed by atoms with Crippen LogP contribution in [0.15, 0.2) is 83.1 Å². The lowest BCUT2D eigenvalue weighted by Gasteiger charge is -2.23. The molecule has 1 atom stereocenters. The summed E-state index contributed by atoms with van der Waals surface area (Å²) in [5.74, 6) is -0.641. The molecule has 35 heavy (non-hydrogen) atoms. The van der Waals surface area contributed by atoms with Crippen LogP contribution in [0.2, 0.25) is 0 Å². The van der Waals surface area contributed by atoms with Crippen LogP contribution in [0.4, 0.5) is 0 Å². The van der Waals surface area contributed by atoms with Gasteiger partial charge in [-0.1, -0.05) is 37.3 Å². The average molecular weight is 471 g/mol. The summed E-state index contributed by atoms with van der Waals surface area (Å²) < 4.78 is 11.3. The molecule has 1 amide bonds. The Hall–Kier alpha value is -4.26. The lowest BCUT2D eigenvalue weighted by Crippen LogP contribution is -2.31. The number of Topliss-reactive ketones (excluding diaryl/α,β-unsaturated/α-hetero) is 1. The number of H-pyrrole nitrogens is 1. The molecule has 3 heterocycles. The van der Waals surface area contributed by atoms with E-state index in [0.29, 0.717) is 30.1 Å². The normalized spacial score (nSPS) is 17.4. The Balaban J connectivity index is 1.51. The second kappa shape index (κ2) is 9.54. The van der Waals surface area contributed by atoms with Crippen molar-refractivity contribution >= 4 is 28.4 Å². The first kappa shape index (κ1) is 22.5. The molecule has 0 radical (unpaired) electrons. The minimum atomic E-state index is -0.824. The Labute approximate surface area is 202 Å². The van der Waals surface area contributed by atoms with Crippen molar-refractivity contribution in [3.05, 3.63) is 95.6 Å². The van der Waals surface area contributed by atoms with Gasteiger partial charge in [-0.3, -0.25) is 9.59 Å². The van der Waals surface area contributed by atoms with Crippen LogP contribution in [0.3, 0.4) is 0 Å². The third-order valence-corrected chi connectivity index (χ3v) is 6.23. The maximum atomic E-state index is 13.2. The monoisotopic (exact) mass is 470 g/mol. The minimum absolute atomic E-state index is 0.0107. The first-order valence-corrected chi connectivity index (χ1v) is 11.7. The number of ketones is 1. The van der Waals surface area contributed by atoms with E-state index in [1.807, 2.05) is 37.4 Å². The molecule has 0 saturated carbocycles. The van der Waals surface area contributed by atoms with Crippen molar-refractivity contribution < 1.29 is 23.8 Å². The standard InChI is InChI=1S/C28H26N2O5/c1-2-14-34-20-8-5-7-18(16-20)26(31)24-25(23-11-6-15-35-23)30(28(33)27(24)32)13-12-19-17-29-22-10-4-3-9-21(19)22/h3-11,15-17,25,29,31H,2,12-14H2,1H3/b26-24-. The van der Waals surface area contributed by atoms with Gasteiger partial charge in [-0.25, -0.2) is 0 Å². The van der Waals surface area contributed by atoms with Crippen molar-refractivity contribution in [3.63, 3.8) is 0 Å². The fourth-order valence-electron chi connectivity index (χ4n) is 4.54. The molecule has 0 spiro atoms. The van der Waals surface area contributed by atoms with E-state index >= 15 is 0 Å². The lowest BCUT2D eigenvalue weighted by atomic mass is 9.99. The molecule has 2 aromatic carbocycles. The number of hydrogen-bond acceptors (Lipinski definition) is 5. The predicted molar refractivity (Wildman–Crippen MR) is 132 cm³/mol. The quantitative estimate of drug-likeness (QED) is 0.209. The fraction of sp³-hybridized carbons (Fsp3) is 0.214. The van der Waals surface area contributed by atoms with Crippen LogP contribution >= 0.6 is 0 Å². The van der Waals surface area contributed by atoms with Gasteiger partial charge in [-0.15, -0.1) is 0 Å². The number of rotatable bonds is 8. The molecule has 178 valence electrons. The van der Waals surface area contributed by atoms with Crippen molar-refractivity contribution in [3.8, 4) is 5.75 Å². The number of carbonyl (C=O) groups excluding carboxylic acids is 2. The highest BCUT2D eigenvalue weighted by atomic mass is 16.5. The third-order valence-electron chi connectivity index (χ3n) is 6.23. The Morgan fingerprint density at radius 1 is 1.11 bits per heavy atom. The Kier molecular flexibility index (Phi) is 6.14. The molecule has 1 aliphatic heterocycles. The van der Waals surface area contributed by atoms with E-state index in [-0.39, 0.29) is 17.9 Å². The van der Waals surface area contributed by atoms with Crippen molar-refractivity contribution in [2.45, 2.75) is 25.8 Å². The summed E-state index contributed by atoms with van der Waals surface area (Å²) in [6, 6.07) is 17.4. The number of aromatic amines is 1. The molecule has 5 rings (SSSR count). The lowest BCUT2D eigenvalue weighted by molar-refractivity contribution is -0.140. The van der Waals surface area contributed by atoms with Gasteiger partial charge >= 0.3 is 0 Å². The number of nitrogens with one attached hydrogen (secondary N) is 1. The van der Waals surface area contributed by atoms with Gasteiger partial charge < -0.3 is 24.1 Å². The number of furan rings is 1. The zero-order valence-corrected chi connectivity index (χ0v) is 19.4. The van der Waals surface area contributed by atoms with Crippen molar-refractivity contribution in [1.82, 2.24) is 9.88 Å².